The Morgan fingerprint density at radius 3 is 2.32 bits per heavy atom. The van der Waals surface area contributed by atoms with E-state index in [2.05, 4.69) is 31.9 Å². The van der Waals surface area contributed by atoms with E-state index in [0.717, 1.165) is 25.8 Å². The Morgan fingerprint density at radius 2 is 1.74 bits per heavy atom. The minimum atomic E-state index is -0.319. The molecule has 0 spiro atoms. The first-order valence-electron chi connectivity index (χ1n) is 5.45. The van der Waals surface area contributed by atoms with E-state index in [9.17, 15) is 0 Å². The third kappa shape index (κ3) is 3.46. The van der Waals surface area contributed by atoms with E-state index >= 15 is 0 Å². The zero-order chi connectivity index (χ0) is 14.0. The Bertz CT molecular complexity index is 602. The summed E-state index contributed by atoms with van der Waals surface area (Å²) < 4.78 is 6.99. The van der Waals surface area contributed by atoms with Crippen LogP contribution in [-0.2, 0) is 0 Å². The van der Waals surface area contributed by atoms with Gasteiger partial charge in [-0.1, -0.05) is 55.6 Å². The molecule has 0 aliphatic heterocycles. The Balaban J connectivity index is 2.41. The second-order valence-corrected chi connectivity index (χ2v) is 6.53. The Labute approximate surface area is 139 Å². The highest BCUT2D eigenvalue weighted by molar-refractivity contribution is 9.10. The highest BCUT2D eigenvalue weighted by atomic mass is 79.9. The Kier molecular flexibility index (Phi) is 5.18. The molecule has 100 valence electrons. The van der Waals surface area contributed by atoms with E-state index in [0.29, 0.717) is 5.02 Å². The standard InChI is InChI=1S/C14H10Br2Cl2O/c1-19-9-3-5-10(12(16)7-9)14(18)11-4-2-8(15)6-13(11)17/h2-7,14H,1H3. The van der Waals surface area contributed by atoms with Crippen molar-refractivity contribution in [1.29, 1.82) is 0 Å². The summed E-state index contributed by atoms with van der Waals surface area (Å²) in [5.41, 5.74) is 1.82. The van der Waals surface area contributed by atoms with E-state index in [4.69, 9.17) is 27.9 Å². The van der Waals surface area contributed by atoms with Crippen molar-refractivity contribution in [3.63, 3.8) is 0 Å². The maximum atomic E-state index is 6.52. The van der Waals surface area contributed by atoms with E-state index < -0.39 is 0 Å². The highest BCUT2D eigenvalue weighted by Gasteiger charge is 2.17. The number of rotatable bonds is 3. The van der Waals surface area contributed by atoms with Gasteiger partial charge in [0.05, 0.1) is 12.5 Å². The van der Waals surface area contributed by atoms with Crippen molar-refractivity contribution in [2.75, 3.05) is 7.11 Å². The molecule has 0 fully saturated rings. The molecule has 0 aliphatic carbocycles. The fourth-order valence-electron chi connectivity index (χ4n) is 1.71. The lowest BCUT2D eigenvalue weighted by molar-refractivity contribution is 0.414. The number of methoxy groups -OCH3 is 1. The number of hydrogen-bond acceptors (Lipinski definition) is 1. The van der Waals surface area contributed by atoms with Gasteiger partial charge in [0.2, 0.25) is 0 Å². The molecule has 1 atom stereocenters. The zero-order valence-electron chi connectivity index (χ0n) is 9.96. The third-order valence-corrected chi connectivity index (χ3v) is 4.69. The lowest BCUT2D eigenvalue weighted by Crippen LogP contribution is -1.96. The predicted octanol–water partition coefficient (Wildman–Crippen LogP) is 6.20. The minimum absolute atomic E-state index is 0.319. The molecule has 0 saturated heterocycles. The van der Waals surface area contributed by atoms with Gasteiger partial charge in [0, 0.05) is 14.0 Å². The molecule has 0 heterocycles. The smallest absolute Gasteiger partial charge is 0.120 e. The van der Waals surface area contributed by atoms with Crippen LogP contribution in [-0.4, -0.2) is 7.11 Å². The molecule has 0 amide bonds. The summed E-state index contributed by atoms with van der Waals surface area (Å²) >= 11 is 19.6. The number of benzene rings is 2. The normalized spacial score (nSPS) is 12.3. The molecule has 19 heavy (non-hydrogen) atoms. The number of hydrogen-bond donors (Lipinski definition) is 0. The van der Waals surface area contributed by atoms with Gasteiger partial charge in [-0.15, -0.1) is 11.6 Å². The van der Waals surface area contributed by atoms with Gasteiger partial charge in [-0.2, -0.15) is 0 Å². The van der Waals surface area contributed by atoms with Crippen molar-refractivity contribution in [1.82, 2.24) is 0 Å². The average Bonchev–Trinajstić information content (AvgIpc) is 2.37. The molecular weight excluding hydrogens is 415 g/mol. The molecule has 0 aliphatic rings. The first-order valence-corrected chi connectivity index (χ1v) is 7.85. The van der Waals surface area contributed by atoms with Crippen LogP contribution in [0.5, 0.6) is 5.75 Å². The highest BCUT2D eigenvalue weighted by Crippen LogP contribution is 2.39. The first kappa shape index (κ1) is 15.2. The van der Waals surface area contributed by atoms with Gasteiger partial charge in [0.1, 0.15) is 5.75 Å². The average molecular weight is 425 g/mol. The van der Waals surface area contributed by atoms with Gasteiger partial charge in [-0.3, -0.25) is 0 Å². The van der Waals surface area contributed by atoms with E-state index in [1.165, 1.54) is 0 Å². The molecule has 1 nitrogen and oxygen atoms in total. The molecule has 5 heteroatoms. The fraction of sp³-hybridized carbons (Fsp3) is 0.143. The fourth-order valence-corrected chi connectivity index (χ4v) is 3.65. The van der Waals surface area contributed by atoms with Gasteiger partial charge in [0.25, 0.3) is 0 Å². The second-order valence-electron chi connectivity index (χ2n) is 3.92. The van der Waals surface area contributed by atoms with Crippen LogP contribution in [0.1, 0.15) is 16.5 Å². The molecule has 2 rings (SSSR count). The zero-order valence-corrected chi connectivity index (χ0v) is 14.6. The van der Waals surface area contributed by atoms with Gasteiger partial charge < -0.3 is 4.74 Å². The van der Waals surface area contributed by atoms with Crippen molar-refractivity contribution in [2.45, 2.75) is 5.38 Å². The van der Waals surface area contributed by atoms with Gasteiger partial charge in [-0.25, -0.2) is 0 Å². The van der Waals surface area contributed by atoms with E-state index in [-0.39, 0.29) is 5.38 Å². The van der Waals surface area contributed by atoms with Gasteiger partial charge in [-0.05, 0) is 35.4 Å². The molecule has 0 bridgehead atoms. The molecule has 1 unspecified atom stereocenters. The molecule has 0 saturated carbocycles. The van der Waals surface area contributed by atoms with E-state index in [1.54, 1.807) is 7.11 Å². The lowest BCUT2D eigenvalue weighted by atomic mass is 10.0. The Hall–Kier alpha value is -0.220. The molecule has 2 aromatic carbocycles. The summed E-state index contributed by atoms with van der Waals surface area (Å²) in [5, 5.41) is 0.318. The van der Waals surface area contributed by atoms with E-state index in [1.807, 2.05) is 36.4 Å². The molecular formula is C14H10Br2Cl2O. The summed E-state index contributed by atoms with van der Waals surface area (Å²) in [6.45, 7) is 0. The van der Waals surface area contributed by atoms with Crippen LogP contribution in [0, 0.1) is 0 Å². The minimum Gasteiger partial charge on any atom is -0.497 e. The SMILES string of the molecule is COc1ccc(C(Cl)c2ccc(Br)cc2Cl)c(Br)c1. The number of alkyl halides is 1. The van der Waals surface area contributed by atoms with Gasteiger partial charge in [0.15, 0.2) is 0 Å². The maximum absolute atomic E-state index is 6.52. The monoisotopic (exact) mass is 422 g/mol. The quantitative estimate of drug-likeness (QED) is 0.533. The number of ether oxygens (including phenoxy) is 1. The van der Waals surface area contributed by atoms with Crippen molar-refractivity contribution < 1.29 is 4.74 Å². The summed E-state index contributed by atoms with van der Waals surface area (Å²) in [6.07, 6.45) is 0. The predicted molar refractivity (Wildman–Crippen MR) is 87.5 cm³/mol. The van der Waals surface area contributed by atoms with Crippen LogP contribution < -0.4 is 4.74 Å². The molecule has 2 aromatic rings. The van der Waals surface area contributed by atoms with Crippen molar-refractivity contribution in [3.05, 3.63) is 61.5 Å². The summed E-state index contributed by atoms with van der Waals surface area (Å²) in [6, 6.07) is 11.4. The molecule has 0 aromatic heterocycles. The van der Waals surface area contributed by atoms with Crippen molar-refractivity contribution >= 4 is 55.1 Å². The van der Waals surface area contributed by atoms with Crippen molar-refractivity contribution in [3.8, 4) is 5.75 Å². The number of halogens is 4. The van der Waals surface area contributed by atoms with Crippen LogP contribution in [0.15, 0.2) is 45.3 Å². The molecule has 0 N–H and O–H groups in total. The summed E-state index contributed by atoms with van der Waals surface area (Å²) in [5.74, 6) is 0.779. The third-order valence-electron chi connectivity index (χ3n) is 2.72. The topological polar surface area (TPSA) is 9.23 Å². The Morgan fingerprint density at radius 1 is 1.05 bits per heavy atom. The van der Waals surface area contributed by atoms with Crippen LogP contribution in [0.2, 0.25) is 5.02 Å². The maximum Gasteiger partial charge on any atom is 0.120 e. The summed E-state index contributed by atoms with van der Waals surface area (Å²) in [4.78, 5) is 0. The van der Waals surface area contributed by atoms with Crippen LogP contribution in [0.3, 0.4) is 0 Å². The second kappa shape index (κ2) is 6.49. The van der Waals surface area contributed by atoms with Crippen LogP contribution >= 0.6 is 55.1 Å². The van der Waals surface area contributed by atoms with Crippen LogP contribution in [0.25, 0.3) is 0 Å². The van der Waals surface area contributed by atoms with Gasteiger partial charge >= 0.3 is 0 Å². The first-order chi connectivity index (χ1) is 9.02. The summed E-state index contributed by atoms with van der Waals surface area (Å²) in [7, 11) is 1.63. The lowest BCUT2D eigenvalue weighted by Gasteiger charge is -2.15. The molecule has 0 radical (unpaired) electrons. The largest absolute Gasteiger partial charge is 0.497 e. The van der Waals surface area contributed by atoms with Crippen molar-refractivity contribution in [2.24, 2.45) is 0 Å². The van der Waals surface area contributed by atoms with Crippen LogP contribution in [0.4, 0.5) is 0 Å².